The molecule has 2 heterocycles. The van der Waals surface area contributed by atoms with Gasteiger partial charge in [-0.3, -0.25) is 4.79 Å². The molecule has 0 aliphatic heterocycles. The first-order valence-corrected chi connectivity index (χ1v) is 12.5. The van der Waals surface area contributed by atoms with Crippen LogP contribution in [0.4, 0.5) is 0 Å². The predicted molar refractivity (Wildman–Crippen MR) is 121 cm³/mol. The van der Waals surface area contributed by atoms with Gasteiger partial charge in [0.05, 0.1) is 10.6 Å². The molecule has 0 saturated carbocycles. The van der Waals surface area contributed by atoms with E-state index in [0.717, 1.165) is 16.5 Å². The summed E-state index contributed by atoms with van der Waals surface area (Å²) in [6, 6.07) is 14.4. The van der Waals surface area contributed by atoms with Gasteiger partial charge in [-0.1, -0.05) is 47.7 Å². The number of aryl methyl sites for hydroxylation is 1. The van der Waals surface area contributed by atoms with Crippen molar-refractivity contribution < 1.29 is 13.2 Å². The minimum absolute atomic E-state index is 0.0260. The Bertz CT molecular complexity index is 1340. The van der Waals surface area contributed by atoms with Gasteiger partial charge in [-0.2, -0.15) is 0 Å². The lowest BCUT2D eigenvalue weighted by atomic mass is 10.1. The Kier molecular flexibility index (Phi) is 5.97. The number of nitrogens with one attached hydrogen (secondary N) is 1. The summed E-state index contributed by atoms with van der Waals surface area (Å²) in [4.78, 5) is 16.1. The Morgan fingerprint density at radius 2 is 1.84 bits per heavy atom. The van der Waals surface area contributed by atoms with Crippen molar-refractivity contribution in [3.05, 3.63) is 71.7 Å². The Labute approximate surface area is 184 Å². The van der Waals surface area contributed by atoms with Gasteiger partial charge in [-0.05, 0) is 32.0 Å². The number of aromatic nitrogens is 4. The Morgan fingerprint density at radius 3 is 2.58 bits per heavy atom. The maximum absolute atomic E-state index is 12.8. The molecular formula is C22H22N4O3S2. The molecule has 0 unspecified atom stereocenters. The van der Waals surface area contributed by atoms with Crippen LogP contribution < -0.4 is 0 Å². The van der Waals surface area contributed by atoms with Crippen molar-refractivity contribution in [2.45, 2.75) is 36.2 Å². The summed E-state index contributed by atoms with van der Waals surface area (Å²) in [7, 11) is -3.54. The van der Waals surface area contributed by atoms with Crippen molar-refractivity contribution in [3.63, 3.8) is 0 Å². The van der Waals surface area contributed by atoms with Crippen molar-refractivity contribution >= 4 is 38.3 Å². The molecule has 0 spiro atoms. The highest BCUT2D eigenvalue weighted by Gasteiger charge is 2.22. The van der Waals surface area contributed by atoms with Crippen LogP contribution >= 0.6 is 11.8 Å². The number of sulfone groups is 1. The fourth-order valence-electron chi connectivity index (χ4n) is 3.36. The molecule has 0 bridgehead atoms. The van der Waals surface area contributed by atoms with Gasteiger partial charge in [0, 0.05) is 29.2 Å². The number of fused-ring (bicyclic) bond motifs is 1. The van der Waals surface area contributed by atoms with E-state index in [1.165, 1.54) is 11.8 Å². The number of H-pyrrole nitrogens is 1. The van der Waals surface area contributed by atoms with E-state index < -0.39 is 9.84 Å². The summed E-state index contributed by atoms with van der Waals surface area (Å²) >= 11 is 1.26. The smallest absolute Gasteiger partial charge is 0.191 e. The number of hydrogen-bond acceptors (Lipinski definition) is 6. The molecule has 7 nitrogen and oxygen atoms in total. The maximum Gasteiger partial charge on any atom is 0.191 e. The molecule has 4 aromatic rings. The standard InChI is InChI=1S/C22H22N4O3S2/c1-3-26-21(14-31(28,29)16-10-8-15(2)9-11-16)24-25-22(26)30-13-20(27)18-12-23-19-7-5-4-6-17(18)19/h4-12,23H,3,13-14H2,1-2H3. The third kappa shape index (κ3) is 4.42. The largest absolute Gasteiger partial charge is 0.360 e. The van der Waals surface area contributed by atoms with E-state index in [9.17, 15) is 13.2 Å². The van der Waals surface area contributed by atoms with Gasteiger partial charge < -0.3 is 9.55 Å². The molecule has 4 rings (SSSR count). The topological polar surface area (TPSA) is 97.7 Å². The fraction of sp³-hybridized carbons (Fsp3) is 0.227. The van der Waals surface area contributed by atoms with Crippen LogP contribution in [0.3, 0.4) is 0 Å². The van der Waals surface area contributed by atoms with Crippen LogP contribution in [0.25, 0.3) is 10.9 Å². The number of hydrogen-bond donors (Lipinski definition) is 1. The summed E-state index contributed by atoms with van der Waals surface area (Å²) in [5.41, 5.74) is 2.54. The van der Waals surface area contributed by atoms with Gasteiger partial charge >= 0.3 is 0 Å². The van der Waals surface area contributed by atoms with E-state index in [-0.39, 0.29) is 22.2 Å². The van der Waals surface area contributed by atoms with Crippen LogP contribution in [-0.2, 0) is 22.1 Å². The summed E-state index contributed by atoms with van der Waals surface area (Å²) in [5, 5.41) is 9.66. The number of Topliss-reactive ketones (excluding diaryl/α,β-unsaturated/α-hetero) is 1. The number of nitrogens with zero attached hydrogens (tertiary/aromatic N) is 3. The number of aromatic amines is 1. The molecule has 0 radical (unpaired) electrons. The molecule has 2 aromatic carbocycles. The first-order valence-electron chi connectivity index (χ1n) is 9.82. The van der Waals surface area contributed by atoms with E-state index in [4.69, 9.17) is 0 Å². The Morgan fingerprint density at radius 1 is 1.10 bits per heavy atom. The third-order valence-corrected chi connectivity index (χ3v) is 7.63. The summed E-state index contributed by atoms with van der Waals surface area (Å²) in [6.45, 7) is 4.32. The highest BCUT2D eigenvalue weighted by molar-refractivity contribution is 7.99. The second-order valence-electron chi connectivity index (χ2n) is 7.17. The van der Waals surface area contributed by atoms with E-state index in [1.54, 1.807) is 35.0 Å². The van der Waals surface area contributed by atoms with Crippen LogP contribution in [0.15, 0.2) is 64.8 Å². The van der Waals surface area contributed by atoms with Gasteiger partial charge in [0.25, 0.3) is 0 Å². The zero-order valence-electron chi connectivity index (χ0n) is 17.2. The molecule has 9 heteroatoms. The van der Waals surface area contributed by atoms with Crippen molar-refractivity contribution in [3.8, 4) is 0 Å². The lowest BCUT2D eigenvalue weighted by molar-refractivity contribution is 0.102. The maximum atomic E-state index is 12.8. The van der Waals surface area contributed by atoms with Crippen molar-refractivity contribution in [1.82, 2.24) is 19.7 Å². The number of ketones is 1. The van der Waals surface area contributed by atoms with Crippen molar-refractivity contribution in [1.29, 1.82) is 0 Å². The summed E-state index contributed by atoms with van der Waals surface area (Å²) in [6.07, 6.45) is 1.72. The van der Waals surface area contributed by atoms with Crippen LogP contribution in [0, 0.1) is 6.92 Å². The SMILES string of the molecule is CCn1c(CS(=O)(=O)c2ccc(C)cc2)nnc1SCC(=O)c1c[nH]c2ccccc12. The van der Waals surface area contributed by atoms with Crippen molar-refractivity contribution in [2.75, 3.05) is 5.75 Å². The molecular weight excluding hydrogens is 432 g/mol. The molecule has 0 aliphatic carbocycles. The van der Waals surface area contributed by atoms with Crippen molar-refractivity contribution in [2.24, 2.45) is 0 Å². The van der Waals surface area contributed by atoms with Gasteiger partial charge in [0.1, 0.15) is 11.6 Å². The molecule has 31 heavy (non-hydrogen) atoms. The molecule has 0 aliphatic rings. The molecule has 0 atom stereocenters. The number of rotatable bonds is 8. The van der Waals surface area contributed by atoms with Gasteiger partial charge in [0.2, 0.25) is 0 Å². The first-order chi connectivity index (χ1) is 14.9. The summed E-state index contributed by atoms with van der Waals surface area (Å²) < 4.78 is 27.3. The second kappa shape index (κ2) is 8.68. The predicted octanol–water partition coefficient (Wildman–Crippen LogP) is 4.04. The molecule has 0 saturated heterocycles. The van der Waals surface area contributed by atoms with E-state index in [0.29, 0.717) is 23.1 Å². The number of thioether (sulfide) groups is 1. The average Bonchev–Trinajstić information content (AvgIpc) is 3.35. The molecule has 160 valence electrons. The minimum atomic E-state index is -3.54. The van der Waals surface area contributed by atoms with Crippen LogP contribution in [0.2, 0.25) is 0 Å². The number of carbonyl (C=O) groups excluding carboxylic acids is 1. The Hall–Kier alpha value is -2.91. The molecule has 2 aromatic heterocycles. The van der Waals surface area contributed by atoms with E-state index in [1.807, 2.05) is 38.1 Å². The first kappa shape index (κ1) is 21.3. The highest BCUT2D eigenvalue weighted by atomic mass is 32.2. The van der Waals surface area contributed by atoms with E-state index >= 15 is 0 Å². The van der Waals surface area contributed by atoms with E-state index in [2.05, 4.69) is 15.2 Å². The molecule has 0 amide bonds. The zero-order valence-corrected chi connectivity index (χ0v) is 18.8. The quantitative estimate of drug-likeness (QED) is 0.319. The van der Waals surface area contributed by atoms with Gasteiger partial charge in [-0.15, -0.1) is 10.2 Å². The van der Waals surface area contributed by atoms with Gasteiger partial charge in [0.15, 0.2) is 20.8 Å². The van der Waals surface area contributed by atoms with Crippen LogP contribution in [0.5, 0.6) is 0 Å². The molecule has 1 N–H and O–H groups in total. The minimum Gasteiger partial charge on any atom is -0.360 e. The fourth-order valence-corrected chi connectivity index (χ4v) is 5.53. The highest BCUT2D eigenvalue weighted by Crippen LogP contribution is 2.24. The third-order valence-electron chi connectivity index (χ3n) is 5.03. The lowest BCUT2D eigenvalue weighted by Gasteiger charge is -2.08. The van der Waals surface area contributed by atoms with Gasteiger partial charge in [-0.25, -0.2) is 8.42 Å². The summed E-state index contributed by atoms with van der Waals surface area (Å²) in [5.74, 6) is 0.283. The monoisotopic (exact) mass is 454 g/mol. The zero-order chi connectivity index (χ0) is 22.0. The number of benzene rings is 2. The normalized spacial score (nSPS) is 11.8. The Balaban J connectivity index is 1.50. The average molecular weight is 455 g/mol. The second-order valence-corrected chi connectivity index (χ2v) is 10.1. The van der Waals surface area contributed by atoms with Crippen LogP contribution in [0.1, 0.15) is 28.7 Å². The number of carbonyl (C=O) groups is 1. The lowest BCUT2D eigenvalue weighted by Crippen LogP contribution is -2.11. The van der Waals surface area contributed by atoms with Crippen LogP contribution in [-0.4, -0.2) is 39.7 Å². The molecule has 0 fully saturated rings. The number of para-hydroxylation sites is 1.